The summed E-state index contributed by atoms with van der Waals surface area (Å²) < 4.78 is 0. The maximum atomic E-state index is 4.29. The zero-order valence-electron chi connectivity index (χ0n) is 20.1. The van der Waals surface area contributed by atoms with Crippen LogP contribution in [0.1, 0.15) is 47.4 Å². The molecule has 3 aliphatic rings. The summed E-state index contributed by atoms with van der Waals surface area (Å²) in [5.74, 6) is 1.17. The number of aromatic nitrogens is 2. The van der Waals surface area contributed by atoms with Gasteiger partial charge in [0.25, 0.3) is 0 Å². The quantitative estimate of drug-likeness (QED) is 0.376. The Labute approximate surface area is 201 Å². The summed E-state index contributed by atoms with van der Waals surface area (Å²) in [6.45, 7) is 7.71. The van der Waals surface area contributed by atoms with E-state index in [4.69, 9.17) is 0 Å². The number of para-hydroxylation sites is 2. The van der Waals surface area contributed by atoms with Crippen LogP contribution in [0.3, 0.4) is 0 Å². The first-order valence-corrected chi connectivity index (χ1v) is 13.0. The van der Waals surface area contributed by atoms with Gasteiger partial charge in [0.15, 0.2) is 0 Å². The Morgan fingerprint density at radius 1 is 0.912 bits per heavy atom. The van der Waals surface area contributed by atoms with Gasteiger partial charge in [0, 0.05) is 52.8 Å². The van der Waals surface area contributed by atoms with E-state index in [1.54, 1.807) is 11.1 Å². The average Bonchev–Trinajstić information content (AvgIpc) is 3.44. The fourth-order valence-corrected chi connectivity index (χ4v) is 7.30. The molecule has 7 rings (SSSR count). The number of rotatable bonds is 3. The zero-order valence-corrected chi connectivity index (χ0v) is 20.1. The summed E-state index contributed by atoms with van der Waals surface area (Å²) in [6.07, 6.45) is 6.92. The van der Waals surface area contributed by atoms with E-state index < -0.39 is 0 Å². The lowest BCUT2D eigenvalue weighted by Gasteiger charge is -2.47. The number of likely N-dealkylation sites (N-methyl/N-ethyl adjacent to an activating group) is 1. The van der Waals surface area contributed by atoms with Gasteiger partial charge in [0.2, 0.25) is 0 Å². The summed E-state index contributed by atoms with van der Waals surface area (Å²) in [6, 6.07) is 18.6. The van der Waals surface area contributed by atoms with Gasteiger partial charge in [-0.1, -0.05) is 42.5 Å². The second-order valence-electron chi connectivity index (χ2n) is 10.8. The Morgan fingerprint density at radius 3 is 2.29 bits per heavy atom. The molecule has 34 heavy (non-hydrogen) atoms. The normalized spacial score (nSPS) is 27.4. The number of hydrogen-bond acceptors (Lipinski definition) is 2. The van der Waals surface area contributed by atoms with E-state index in [2.05, 4.69) is 88.0 Å². The van der Waals surface area contributed by atoms with Gasteiger partial charge in [-0.3, -0.25) is 9.80 Å². The minimum absolute atomic E-state index is 0.445. The average molecular weight is 451 g/mol. The molecule has 5 heterocycles. The summed E-state index contributed by atoms with van der Waals surface area (Å²) in [4.78, 5) is 13.0. The fraction of sp³-hybridized carbons (Fsp3) is 0.400. The second kappa shape index (κ2) is 7.86. The van der Waals surface area contributed by atoms with Crippen molar-refractivity contribution in [1.82, 2.24) is 19.8 Å². The predicted molar refractivity (Wildman–Crippen MR) is 140 cm³/mol. The molecule has 4 aromatic rings. The fourth-order valence-electron chi connectivity index (χ4n) is 7.30. The molecule has 2 aromatic carbocycles. The molecule has 0 aliphatic carbocycles. The van der Waals surface area contributed by atoms with Gasteiger partial charge in [-0.15, -0.1) is 6.58 Å². The number of benzene rings is 2. The molecule has 1 fully saturated rings. The number of hydrogen-bond donors (Lipinski definition) is 2. The molecule has 4 heteroatoms. The predicted octanol–water partition coefficient (Wildman–Crippen LogP) is 5.99. The summed E-state index contributed by atoms with van der Waals surface area (Å²) in [7, 11) is 2.31. The van der Waals surface area contributed by atoms with Crippen molar-refractivity contribution in [3.05, 3.63) is 83.7 Å². The minimum atomic E-state index is 0.445. The molecule has 0 amide bonds. The molecule has 0 saturated carbocycles. The number of H-pyrrole nitrogens is 2. The Hall–Kier alpha value is -2.82. The van der Waals surface area contributed by atoms with Gasteiger partial charge in [-0.05, 0) is 67.8 Å². The van der Waals surface area contributed by atoms with Crippen LogP contribution in [0, 0.1) is 11.8 Å². The van der Waals surface area contributed by atoms with Crippen LogP contribution >= 0.6 is 0 Å². The SMILES string of the molecule is C=CC1CN2CCc3c([nH]c4ccccc34)C2CC1CC1c2[nH]c3ccccc3c2CCN1C. The first-order valence-electron chi connectivity index (χ1n) is 13.0. The molecule has 0 bridgehead atoms. The van der Waals surface area contributed by atoms with Crippen molar-refractivity contribution in [3.8, 4) is 0 Å². The van der Waals surface area contributed by atoms with Gasteiger partial charge in [-0.2, -0.15) is 0 Å². The second-order valence-corrected chi connectivity index (χ2v) is 10.8. The highest BCUT2D eigenvalue weighted by Crippen LogP contribution is 2.47. The van der Waals surface area contributed by atoms with E-state index in [-0.39, 0.29) is 0 Å². The lowest BCUT2D eigenvalue weighted by atomic mass is 9.74. The Bertz CT molecular complexity index is 1380. The molecule has 0 spiro atoms. The van der Waals surface area contributed by atoms with Gasteiger partial charge < -0.3 is 9.97 Å². The van der Waals surface area contributed by atoms with Gasteiger partial charge >= 0.3 is 0 Å². The van der Waals surface area contributed by atoms with E-state index in [0.29, 0.717) is 23.9 Å². The molecule has 174 valence electrons. The van der Waals surface area contributed by atoms with Crippen LogP contribution < -0.4 is 0 Å². The van der Waals surface area contributed by atoms with Crippen molar-refractivity contribution in [1.29, 1.82) is 0 Å². The van der Waals surface area contributed by atoms with Crippen LogP contribution in [0.5, 0.6) is 0 Å². The lowest BCUT2D eigenvalue weighted by molar-refractivity contribution is 0.0515. The Kier molecular flexibility index (Phi) is 4.75. The van der Waals surface area contributed by atoms with Crippen LogP contribution in [0.15, 0.2) is 61.2 Å². The van der Waals surface area contributed by atoms with Crippen molar-refractivity contribution < 1.29 is 0 Å². The molecule has 0 radical (unpaired) electrons. The molecule has 4 nitrogen and oxygen atoms in total. The summed E-state index contributed by atoms with van der Waals surface area (Å²) in [5.41, 5.74) is 8.62. The third-order valence-corrected chi connectivity index (χ3v) is 9.10. The number of nitrogens with one attached hydrogen (secondary N) is 2. The molecule has 3 aliphatic heterocycles. The molecule has 1 saturated heterocycles. The van der Waals surface area contributed by atoms with E-state index in [9.17, 15) is 0 Å². The van der Waals surface area contributed by atoms with E-state index in [0.717, 1.165) is 32.5 Å². The molecule has 2 aromatic heterocycles. The lowest BCUT2D eigenvalue weighted by Crippen LogP contribution is -2.46. The number of aromatic amines is 2. The molecule has 4 unspecified atom stereocenters. The summed E-state index contributed by atoms with van der Waals surface area (Å²) in [5, 5.41) is 2.84. The van der Waals surface area contributed by atoms with Crippen molar-refractivity contribution in [2.45, 2.75) is 37.8 Å². The molecular weight excluding hydrogens is 416 g/mol. The number of nitrogens with zero attached hydrogens (tertiary/aromatic N) is 2. The van der Waals surface area contributed by atoms with Gasteiger partial charge in [-0.25, -0.2) is 0 Å². The number of fused-ring (bicyclic) bond motifs is 8. The van der Waals surface area contributed by atoms with Crippen LogP contribution in [0.25, 0.3) is 21.8 Å². The highest BCUT2D eigenvalue weighted by molar-refractivity contribution is 5.86. The van der Waals surface area contributed by atoms with E-state index >= 15 is 0 Å². The van der Waals surface area contributed by atoms with E-state index in [1.165, 1.54) is 46.0 Å². The monoisotopic (exact) mass is 450 g/mol. The highest BCUT2D eigenvalue weighted by Gasteiger charge is 2.41. The Balaban J connectivity index is 1.23. The largest absolute Gasteiger partial charge is 0.357 e. The maximum absolute atomic E-state index is 4.29. The smallest absolute Gasteiger partial charge is 0.0504 e. The third kappa shape index (κ3) is 3.05. The van der Waals surface area contributed by atoms with Crippen LogP contribution in [0.4, 0.5) is 0 Å². The van der Waals surface area contributed by atoms with E-state index in [1.807, 2.05) is 0 Å². The highest BCUT2D eigenvalue weighted by atomic mass is 15.2. The van der Waals surface area contributed by atoms with Crippen molar-refractivity contribution in [3.63, 3.8) is 0 Å². The maximum Gasteiger partial charge on any atom is 0.0504 e. The van der Waals surface area contributed by atoms with Crippen LogP contribution in [-0.2, 0) is 12.8 Å². The van der Waals surface area contributed by atoms with Crippen molar-refractivity contribution >= 4 is 21.8 Å². The molecule has 2 N–H and O–H groups in total. The Morgan fingerprint density at radius 2 is 1.56 bits per heavy atom. The first-order chi connectivity index (χ1) is 16.7. The van der Waals surface area contributed by atoms with Crippen molar-refractivity contribution in [2.75, 3.05) is 26.7 Å². The topological polar surface area (TPSA) is 38.1 Å². The standard InChI is InChI=1S/C30H34N4/c1-3-19-18-34-15-13-24-22-9-5-7-11-26(22)32-30(24)28(34)17-20(19)16-27-29-23(12-14-33(27)2)21-8-4-6-10-25(21)31-29/h3-11,19-20,27-28,31-32H,1,12-18H2,2H3. The first kappa shape index (κ1) is 20.5. The summed E-state index contributed by atoms with van der Waals surface area (Å²) >= 11 is 0. The van der Waals surface area contributed by atoms with Crippen LogP contribution in [-0.4, -0.2) is 46.4 Å². The zero-order chi connectivity index (χ0) is 22.8. The van der Waals surface area contributed by atoms with Crippen LogP contribution in [0.2, 0.25) is 0 Å². The third-order valence-electron chi connectivity index (χ3n) is 9.10. The number of piperidine rings is 1. The van der Waals surface area contributed by atoms with Crippen molar-refractivity contribution in [2.24, 2.45) is 11.8 Å². The molecule has 4 atom stereocenters. The van der Waals surface area contributed by atoms with Gasteiger partial charge in [0.05, 0.1) is 12.1 Å². The minimum Gasteiger partial charge on any atom is -0.357 e. The van der Waals surface area contributed by atoms with Gasteiger partial charge in [0.1, 0.15) is 0 Å². The molecular formula is C30H34N4.